The summed E-state index contributed by atoms with van der Waals surface area (Å²) in [4.78, 5) is -0.0741. The van der Waals surface area contributed by atoms with Gasteiger partial charge in [-0.05, 0) is 18.1 Å². The van der Waals surface area contributed by atoms with Crippen LogP contribution in [0.3, 0.4) is 0 Å². The first-order valence-corrected chi connectivity index (χ1v) is 6.34. The molecule has 15 heavy (non-hydrogen) atoms. The van der Waals surface area contributed by atoms with Gasteiger partial charge in [0.05, 0.1) is 4.90 Å². The highest BCUT2D eigenvalue weighted by Gasteiger charge is 2.05. The molecule has 0 aliphatic heterocycles. The SMILES string of the molecule is CCC(C)C.O=S(=O)(O)c1ccccc1. The molecule has 0 saturated heterocycles. The smallest absolute Gasteiger partial charge is 0.282 e. The van der Waals surface area contributed by atoms with E-state index in [0.717, 1.165) is 5.92 Å². The van der Waals surface area contributed by atoms with Gasteiger partial charge in [0.25, 0.3) is 10.1 Å². The molecule has 0 aliphatic rings. The van der Waals surface area contributed by atoms with Crippen molar-refractivity contribution >= 4 is 10.1 Å². The molecule has 86 valence electrons. The topological polar surface area (TPSA) is 54.4 Å². The fraction of sp³-hybridized carbons (Fsp3) is 0.455. The zero-order valence-corrected chi connectivity index (χ0v) is 10.2. The van der Waals surface area contributed by atoms with Crippen LogP contribution in [0.5, 0.6) is 0 Å². The summed E-state index contributed by atoms with van der Waals surface area (Å²) in [7, 11) is -4.00. The minimum Gasteiger partial charge on any atom is -0.282 e. The van der Waals surface area contributed by atoms with Crippen LogP contribution in [0.4, 0.5) is 0 Å². The molecule has 4 heteroatoms. The standard InChI is InChI=1S/C6H6O3S.C5H12/c7-10(8,9)6-4-2-1-3-5-6;1-4-5(2)3/h1-5H,(H,7,8,9);5H,4H2,1-3H3. The molecule has 1 N–H and O–H groups in total. The molecular weight excluding hydrogens is 212 g/mol. The second kappa shape index (κ2) is 6.58. The summed E-state index contributed by atoms with van der Waals surface area (Å²) in [6.45, 7) is 6.64. The number of rotatable bonds is 2. The van der Waals surface area contributed by atoms with E-state index in [0.29, 0.717) is 0 Å². The molecule has 0 unspecified atom stereocenters. The van der Waals surface area contributed by atoms with E-state index >= 15 is 0 Å². The van der Waals surface area contributed by atoms with Gasteiger partial charge in [0, 0.05) is 0 Å². The quantitative estimate of drug-likeness (QED) is 0.795. The van der Waals surface area contributed by atoms with Gasteiger partial charge >= 0.3 is 0 Å². The van der Waals surface area contributed by atoms with Crippen molar-refractivity contribution in [3.8, 4) is 0 Å². The Morgan fingerprint density at radius 2 is 1.60 bits per heavy atom. The Morgan fingerprint density at radius 1 is 1.20 bits per heavy atom. The van der Waals surface area contributed by atoms with Crippen LogP contribution in [-0.2, 0) is 10.1 Å². The summed E-state index contributed by atoms with van der Waals surface area (Å²) in [6.07, 6.45) is 1.31. The van der Waals surface area contributed by atoms with Gasteiger partial charge < -0.3 is 0 Å². The molecule has 0 heterocycles. The van der Waals surface area contributed by atoms with Crippen LogP contribution in [0, 0.1) is 5.92 Å². The van der Waals surface area contributed by atoms with E-state index < -0.39 is 10.1 Å². The predicted molar refractivity (Wildman–Crippen MR) is 61.4 cm³/mol. The van der Waals surface area contributed by atoms with Crippen molar-refractivity contribution < 1.29 is 13.0 Å². The highest BCUT2D eigenvalue weighted by Crippen LogP contribution is 2.05. The monoisotopic (exact) mass is 230 g/mol. The molecule has 1 rings (SSSR count). The van der Waals surface area contributed by atoms with Crippen LogP contribution in [0.25, 0.3) is 0 Å². The molecule has 0 amide bonds. The first-order valence-electron chi connectivity index (χ1n) is 4.90. The van der Waals surface area contributed by atoms with Crippen LogP contribution in [0.1, 0.15) is 27.2 Å². The lowest BCUT2D eigenvalue weighted by Crippen LogP contribution is -1.96. The molecule has 0 fully saturated rings. The van der Waals surface area contributed by atoms with Crippen molar-refractivity contribution in [1.29, 1.82) is 0 Å². The van der Waals surface area contributed by atoms with Crippen LogP contribution >= 0.6 is 0 Å². The molecule has 1 aromatic rings. The van der Waals surface area contributed by atoms with Crippen LogP contribution < -0.4 is 0 Å². The average Bonchev–Trinajstić information content (AvgIpc) is 2.19. The molecule has 0 aromatic heterocycles. The Labute approximate surface area is 91.9 Å². The Bertz CT molecular complexity index is 355. The van der Waals surface area contributed by atoms with Gasteiger partial charge in [-0.3, -0.25) is 4.55 Å². The lowest BCUT2D eigenvalue weighted by Gasteiger charge is -1.92. The largest absolute Gasteiger partial charge is 0.294 e. The molecule has 0 aliphatic carbocycles. The van der Waals surface area contributed by atoms with E-state index in [1.54, 1.807) is 18.2 Å². The highest BCUT2D eigenvalue weighted by molar-refractivity contribution is 7.85. The van der Waals surface area contributed by atoms with Crippen LogP contribution in [-0.4, -0.2) is 13.0 Å². The Kier molecular flexibility index (Phi) is 6.20. The fourth-order valence-corrected chi connectivity index (χ4v) is 1.09. The minimum atomic E-state index is -4.00. The van der Waals surface area contributed by atoms with Crippen molar-refractivity contribution in [3.05, 3.63) is 30.3 Å². The highest BCUT2D eigenvalue weighted by atomic mass is 32.2. The third kappa shape index (κ3) is 7.11. The summed E-state index contributed by atoms with van der Waals surface area (Å²) in [6, 6.07) is 7.42. The Balaban J connectivity index is 0.000000336. The van der Waals surface area contributed by atoms with Crippen molar-refractivity contribution in [2.75, 3.05) is 0 Å². The zero-order chi connectivity index (χ0) is 11.9. The van der Waals surface area contributed by atoms with Gasteiger partial charge in [-0.25, -0.2) is 0 Å². The Hall–Kier alpha value is -0.870. The molecule has 0 radical (unpaired) electrons. The summed E-state index contributed by atoms with van der Waals surface area (Å²) in [5, 5.41) is 0. The second-order valence-corrected chi connectivity index (χ2v) is 5.01. The van der Waals surface area contributed by atoms with Gasteiger partial charge in [0.1, 0.15) is 0 Å². The third-order valence-electron chi connectivity index (χ3n) is 1.86. The van der Waals surface area contributed by atoms with E-state index in [4.69, 9.17) is 4.55 Å². The lowest BCUT2D eigenvalue weighted by molar-refractivity contribution is 0.483. The van der Waals surface area contributed by atoms with Crippen molar-refractivity contribution in [2.45, 2.75) is 32.1 Å². The van der Waals surface area contributed by atoms with Gasteiger partial charge in [-0.1, -0.05) is 45.4 Å². The van der Waals surface area contributed by atoms with Gasteiger partial charge in [0.2, 0.25) is 0 Å². The van der Waals surface area contributed by atoms with Crippen molar-refractivity contribution in [1.82, 2.24) is 0 Å². The first-order chi connectivity index (χ1) is 6.88. The first kappa shape index (κ1) is 14.1. The summed E-state index contributed by atoms with van der Waals surface area (Å²) in [5.41, 5.74) is 0. The van der Waals surface area contributed by atoms with Crippen LogP contribution in [0.2, 0.25) is 0 Å². The molecule has 0 saturated carbocycles. The average molecular weight is 230 g/mol. The number of benzene rings is 1. The van der Waals surface area contributed by atoms with E-state index in [1.165, 1.54) is 18.6 Å². The number of hydrogen-bond donors (Lipinski definition) is 1. The normalized spacial score (nSPS) is 10.7. The molecular formula is C11H18O3S. The lowest BCUT2D eigenvalue weighted by atomic mass is 10.2. The molecule has 0 atom stereocenters. The predicted octanol–water partition coefficient (Wildman–Crippen LogP) is 2.99. The third-order valence-corrected chi connectivity index (χ3v) is 2.73. The van der Waals surface area contributed by atoms with Crippen LogP contribution in [0.15, 0.2) is 35.2 Å². The molecule has 0 bridgehead atoms. The minimum absolute atomic E-state index is 0.0741. The van der Waals surface area contributed by atoms with Gasteiger partial charge in [-0.15, -0.1) is 0 Å². The van der Waals surface area contributed by atoms with Crippen molar-refractivity contribution in [2.24, 2.45) is 5.92 Å². The van der Waals surface area contributed by atoms with Gasteiger partial charge in [0.15, 0.2) is 0 Å². The van der Waals surface area contributed by atoms with E-state index in [1.807, 2.05) is 0 Å². The maximum Gasteiger partial charge on any atom is 0.294 e. The van der Waals surface area contributed by atoms with E-state index in [2.05, 4.69) is 20.8 Å². The van der Waals surface area contributed by atoms with Crippen molar-refractivity contribution in [3.63, 3.8) is 0 Å². The van der Waals surface area contributed by atoms with E-state index in [9.17, 15) is 8.42 Å². The van der Waals surface area contributed by atoms with Gasteiger partial charge in [-0.2, -0.15) is 8.42 Å². The summed E-state index contributed by atoms with van der Waals surface area (Å²) >= 11 is 0. The zero-order valence-electron chi connectivity index (χ0n) is 9.34. The molecule has 3 nitrogen and oxygen atoms in total. The number of hydrogen-bond acceptors (Lipinski definition) is 2. The maximum absolute atomic E-state index is 10.4. The van der Waals surface area contributed by atoms with E-state index in [-0.39, 0.29) is 4.90 Å². The maximum atomic E-state index is 10.4. The summed E-state index contributed by atoms with van der Waals surface area (Å²) in [5.74, 6) is 0.884. The fourth-order valence-electron chi connectivity index (χ4n) is 0.592. The second-order valence-electron chi connectivity index (χ2n) is 3.59. The molecule has 1 aromatic carbocycles. The summed E-state index contributed by atoms with van der Waals surface area (Å²) < 4.78 is 29.2. The molecule has 0 spiro atoms. The Morgan fingerprint density at radius 3 is 1.80 bits per heavy atom.